The van der Waals surface area contributed by atoms with Gasteiger partial charge in [-0.3, -0.25) is 0 Å². The van der Waals surface area contributed by atoms with Gasteiger partial charge < -0.3 is 19.3 Å². The number of carbonyl (C=O) groups is 1. The zero-order valence-corrected chi connectivity index (χ0v) is 13.2. The van der Waals surface area contributed by atoms with Crippen molar-refractivity contribution in [1.29, 1.82) is 0 Å². The van der Waals surface area contributed by atoms with Crippen molar-refractivity contribution < 1.29 is 24.1 Å². The zero-order valence-electron chi connectivity index (χ0n) is 13.2. The van der Waals surface area contributed by atoms with Crippen molar-refractivity contribution in [2.24, 2.45) is 0 Å². The molecule has 22 heavy (non-hydrogen) atoms. The normalized spacial score (nSPS) is 22.5. The molecule has 0 radical (unpaired) electrons. The molecule has 118 valence electrons. The number of rotatable bonds is 1. The van der Waals surface area contributed by atoms with Crippen LogP contribution in [0.5, 0.6) is 0 Å². The summed E-state index contributed by atoms with van der Waals surface area (Å²) in [7, 11) is 1.30. The molecule has 1 spiro atoms. The van der Waals surface area contributed by atoms with E-state index in [0.29, 0.717) is 29.9 Å². The zero-order chi connectivity index (χ0) is 16.4. The van der Waals surface area contributed by atoms with Crippen molar-refractivity contribution >= 4 is 5.97 Å². The Hall–Kier alpha value is -1.87. The van der Waals surface area contributed by atoms with Gasteiger partial charge in [0.1, 0.15) is 0 Å². The van der Waals surface area contributed by atoms with E-state index in [1.54, 1.807) is 32.9 Å². The van der Waals surface area contributed by atoms with Gasteiger partial charge in [-0.05, 0) is 44.1 Å². The first kappa shape index (κ1) is 16.5. The summed E-state index contributed by atoms with van der Waals surface area (Å²) in [5, 5.41) is 10.8. The number of esters is 1. The molecular weight excluding hydrogens is 284 g/mol. The molecule has 0 aromatic rings. The van der Waals surface area contributed by atoms with Gasteiger partial charge in [-0.1, -0.05) is 11.8 Å². The van der Waals surface area contributed by atoms with E-state index in [1.165, 1.54) is 13.2 Å². The number of hydrogen-bond acceptors (Lipinski definition) is 5. The van der Waals surface area contributed by atoms with Crippen molar-refractivity contribution in [3.8, 4) is 11.8 Å². The highest BCUT2D eigenvalue weighted by Gasteiger charge is 2.42. The van der Waals surface area contributed by atoms with E-state index in [2.05, 4.69) is 16.6 Å². The topological polar surface area (TPSA) is 65.0 Å². The quantitative estimate of drug-likeness (QED) is 0.344. The average Bonchev–Trinajstić information content (AvgIpc) is 2.90. The second-order valence-corrected chi connectivity index (χ2v) is 5.38. The molecule has 0 bridgehead atoms. The molecule has 0 unspecified atom stereocenters. The van der Waals surface area contributed by atoms with E-state index in [4.69, 9.17) is 9.47 Å². The number of methoxy groups -OCH3 is 1. The van der Waals surface area contributed by atoms with Gasteiger partial charge >= 0.3 is 5.97 Å². The molecular formula is C17H20O5. The van der Waals surface area contributed by atoms with Gasteiger partial charge in [0.25, 0.3) is 0 Å². The molecule has 0 amide bonds. The predicted octanol–water partition coefficient (Wildman–Crippen LogP) is 1.49. The first-order valence-electron chi connectivity index (χ1n) is 7.01. The van der Waals surface area contributed by atoms with Crippen LogP contribution in [0.4, 0.5) is 0 Å². The molecule has 1 saturated heterocycles. The van der Waals surface area contributed by atoms with Crippen LogP contribution >= 0.6 is 0 Å². The van der Waals surface area contributed by atoms with Gasteiger partial charge in [-0.15, -0.1) is 0 Å². The number of ether oxygens (including phenoxy) is 3. The Balaban J connectivity index is 2.30. The Morgan fingerprint density at radius 3 is 2.36 bits per heavy atom. The maximum Gasteiger partial charge on any atom is 0.331 e. The molecule has 0 saturated carbocycles. The predicted molar refractivity (Wildman–Crippen MR) is 80.6 cm³/mol. The fraction of sp³-hybridized carbons (Fsp3) is 0.471. The summed E-state index contributed by atoms with van der Waals surface area (Å²) in [5.74, 6) is 4.24. The molecule has 1 aliphatic carbocycles. The first-order valence-corrected chi connectivity index (χ1v) is 7.01. The average molecular weight is 304 g/mol. The minimum absolute atomic E-state index is 0.478. The largest absolute Gasteiger partial charge is 0.466 e. The summed E-state index contributed by atoms with van der Waals surface area (Å²) < 4.78 is 15.7. The summed E-state index contributed by atoms with van der Waals surface area (Å²) in [6.07, 6.45) is 4.75. The Bertz CT molecular complexity index is 599. The standard InChI is InChI=1S/C17H20O5/c1-12(9-15(18)20-4)5-6-17(19)13(2)10-16(11-14(17)3)21-7-8-22-16/h9-11,19H,7-8H2,1-4H3/b12-9-. The van der Waals surface area contributed by atoms with E-state index in [1.807, 2.05) is 0 Å². The second-order valence-electron chi connectivity index (χ2n) is 5.38. The lowest BCUT2D eigenvalue weighted by Gasteiger charge is -2.34. The monoisotopic (exact) mass is 304 g/mol. The van der Waals surface area contributed by atoms with Crippen LogP contribution in [0, 0.1) is 11.8 Å². The number of carbonyl (C=O) groups excluding carboxylic acids is 1. The number of aliphatic hydroxyl groups is 1. The molecule has 1 heterocycles. The molecule has 5 nitrogen and oxygen atoms in total. The highest BCUT2D eigenvalue weighted by Crippen LogP contribution is 2.37. The lowest BCUT2D eigenvalue weighted by Crippen LogP contribution is -2.39. The summed E-state index contributed by atoms with van der Waals surface area (Å²) in [5.41, 5.74) is 0.376. The first-order chi connectivity index (χ1) is 10.3. The van der Waals surface area contributed by atoms with Crippen LogP contribution < -0.4 is 0 Å². The fourth-order valence-corrected chi connectivity index (χ4v) is 2.43. The molecule has 1 aliphatic heterocycles. The van der Waals surface area contributed by atoms with Crippen LogP contribution in [0.25, 0.3) is 0 Å². The highest BCUT2D eigenvalue weighted by atomic mass is 16.7. The van der Waals surface area contributed by atoms with Crippen molar-refractivity contribution in [1.82, 2.24) is 0 Å². The Morgan fingerprint density at radius 2 is 1.86 bits per heavy atom. The summed E-state index contributed by atoms with van der Waals surface area (Å²) in [6, 6.07) is 0. The Labute approximate surface area is 130 Å². The van der Waals surface area contributed by atoms with Crippen molar-refractivity contribution in [2.75, 3.05) is 20.3 Å². The van der Waals surface area contributed by atoms with Crippen molar-refractivity contribution in [3.63, 3.8) is 0 Å². The van der Waals surface area contributed by atoms with Gasteiger partial charge in [0.2, 0.25) is 5.79 Å². The van der Waals surface area contributed by atoms with Crippen LogP contribution in [0.2, 0.25) is 0 Å². The lowest BCUT2D eigenvalue weighted by molar-refractivity contribution is -0.134. The minimum atomic E-state index is -1.40. The maximum atomic E-state index is 11.2. The third kappa shape index (κ3) is 3.14. The van der Waals surface area contributed by atoms with E-state index >= 15 is 0 Å². The van der Waals surface area contributed by atoms with Gasteiger partial charge in [-0.25, -0.2) is 4.79 Å². The molecule has 2 aliphatic rings. The Kier molecular flexibility index (Phi) is 4.57. The highest BCUT2D eigenvalue weighted by molar-refractivity contribution is 5.83. The van der Waals surface area contributed by atoms with E-state index < -0.39 is 17.4 Å². The molecule has 0 aromatic heterocycles. The number of hydrogen-bond donors (Lipinski definition) is 1. The third-order valence-electron chi connectivity index (χ3n) is 3.69. The molecule has 2 rings (SSSR count). The van der Waals surface area contributed by atoms with Crippen molar-refractivity contribution in [2.45, 2.75) is 32.2 Å². The number of allylic oxidation sites excluding steroid dienone is 1. The third-order valence-corrected chi connectivity index (χ3v) is 3.69. The fourth-order valence-electron chi connectivity index (χ4n) is 2.43. The van der Waals surface area contributed by atoms with Crippen molar-refractivity contribution in [3.05, 3.63) is 34.9 Å². The van der Waals surface area contributed by atoms with E-state index in [9.17, 15) is 9.90 Å². The summed E-state index contributed by atoms with van der Waals surface area (Å²) in [4.78, 5) is 11.2. The van der Waals surface area contributed by atoms with Gasteiger partial charge in [-0.2, -0.15) is 0 Å². The molecule has 5 heteroatoms. The molecule has 0 atom stereocenters. The maximum absolute atomic E-state index is 11.2. The second kappa shape index (κ2) is 6.09. The van der Waals surface area contributed by atoms with Crippen LogP contribution in [0.1, 0.15) is 20.8 Å². The SMILES string of the molecule is COC(=O)/C=C(/C)C#CC1(O)C(C)=CC2(C=C1C)OCCO2. The summed E-state index contributed by atoms with van der Waals surface area (Å²) in [6.45, 7) is 6.25. The van der Waals surface area contributed by atoms with Gasteiger partial charge in [0.15, 0.2) is 5.60 Å². The molecule has 0 aromatic carbocycles. The van der Waals surface area contributed by atoms with E-state index in [0.717, 1.165) is 0 Å². The smallest absolute Gasteiger partial charge is 0.331 e. The molecule has 1 N–H and O–H groups in total. The Morgan fingerprint density at radius 1 is 1.32 bits per heavy atom. The minimum Gasteiger partial charge on any atom is -0.466 e. The van der Waals surface area contributed by atoms with E-state index in [-0.39, 0.29) is 0 Å². The lowest BCUT2D eigenvalue weighted by atomic mass is 9.81. The summed E-state index contributed by atoms with van der Waals surface area (Å²) >= 11 is 0. The van der Waals surface area contributed by atoms with Crippen LogP contribution in [0.3, 0.4) is 0 Å². The van der Waals surface area contributed by atoms with Crippen LogP contribution in [-0.4, -0.2) is 42.8 Å². The van der Waals surface area contributed by atoms with Gasteiger partial charge in [0, 0.05) is 11.6 Å². The van der Waals surface area contributed by atoms with Gasteiger partial charge in [0.05, 0.1) is 20.3 Å². The van der Waals surface area contributed by atoms with Crippen LogP contribution in [-0.2, 0) is 19.0 Å². The van der Waals surface area contributed by atoms with Crippen LogP contribution in [0.15, 0.2) is 34.9 Å². The molecule has 1 fully saturated rings.